The molecule has 1 atom stereocenters. The molecule has 0 radical (unpaired) electrons. The Hall–Kier alpha value is -1.63. The van der Waals surface area contributed by atoms with Crippen LogP contribution in [0.15, 0.2) is 0 Å². The van der Waals surface area contributed by atoms with Crippen LogP contribution in [0.4, 0.5) is 9.93 Å². The first kappa shape index (κ1) is 15.4. The third-order valence-corrected chi connectivity index (χ3v) is 3.51. The molecule has 0 saturated carbocycles. The van der Waals surface area contributed by atoms with Gasteiger partial charge in [0.1, 0.15) is 0 Å². The minimum atomic E-state index is -0.863. The largest absolute Gasteiger partial charge is 0.481 e. The standard InChI is InChI=1S/C12H19N3O3S/c1-4-9-8(3)19-12(14-9)15-11(18)13-6-7(2)5-10(16)17/h7H,4-6H2,1-3H3,(H,16,17)(H2,13,14,15,18). The van der Waals surface area contributed by atoms with E-state index in [1.54, 1.807) is 6.92 Å². The molecule has 6 nitrogen and oxygen atoms in total. The topological polar surface area (TPSA) is 91.3 Å². The average Bonchev–Trinajstić information content (AvgIpc) is 2.66. The fourth-order valence-corrected chi connectivity index (χ4v) is 2.49. The maximum atomic E-state index is 11.6. The van der Waals surface area contributed by atoms with Gasteiger partial charge in [0.2, 0.25) is 0 Å². The smallest absolute Gasteiger partial charge is 0.321 e. The first-order chi connectivity index (χ1) is 8.92. The summed E-state index contributed by atoms with van der Waals surface area (Å²) < 4.78 is 0. The van der Waals surface area contributed by atoms with Gasteiger partial charge in [-0.1, -0.05) is 13.8 Å². The van der Waals surface area contributed by atoms with Crippen molar-refractivity contribution >= 4 is 28.5 Å². The predicted molar refractivity (Wildman–Crippen MR) is 74.7 cm³/mol. The molecular weight excluding hydrogens is 266 g/mol. The third-order valence-electron chi connectivity index (χ3n) is 2.58. The lowest BCUT2D eigenvalue weighted by Crippen LogP contribution is -2.32. The van der Waals surface area contributed by atoms with E-state index in [-0.39, 0.29) is 18.4 Å². The van der Waals surface area contributed by atoms with Gasteiger partial charge in [0, 0.05) is 17.8 Å². The van der Waals surface area contributed by atoms with Gasteiger partial charge in [-0.3, -0.25) is 10.1 Å². The van der Waals surface area contributed by atoms with Crippen molar-refractivity contribution in [3.8, 4) is 0 Å². The second-order valence-corrected chi connectivity index (χ2v) is 5.62. The number of hydrogen-bond donors (Lipinski definition) is 3. The summed E-state index contributed by atoms with van der Waals surface area (Å²) in [6, 6.07) is -0.353. The van der Waals surface area contributed by atoms with Gasteiger partial charge in [-0.2, -0.15) is 0 Å². The fourth-order valence-electron chi connectivity index (χ4n) is 1.59. The van der Waals surface area contributed by atoms with E-state index in [0.29, 0.717) is 11.7 Å². The van der Waals surface area contributed by atoms with Crippen molar-refractivity contribution in [3.05, 3.63) is 10.6 Å². The number of nitrogens with zero attached hydrogens (tertiary/aromatic N) is 1. The molecular formula is C12H19N3O3S. The Morgan fingerprint density at radius 3 is 2.68 bits per heavy atom. The quantitative estimate of drug-likeness (QED) is 0.747. The number of hydrogen-bond acceptors (Lipinski definition) is 4. The number of rotatable bonds is 6. The molecule has 0 saturated heterocycles. The van der Waals surface area contributed by atoms with Gasteiger partial charge in [0.15, 0.2) is 5.13 Å². The van der Waals surface area contributed by atoms with Gasteiger partial charge >= 0.3 is 12.0 Å². The maximum absolute atomic E-state index is 11.6. The summed E-state index contributed by atoms with van der Waals surface area (Å²) in [5, 5.41) is 14.5. The zero-order valence-electron chi connectivity index (χ0n) is 11.3. The van der Waals surface area contributed by atoms with Crippen LogP contribution in [-0.2, 0) is 11.2 Å². The van der Waals surface area contributed by atoms with E-state index in [2.05, 4.69) is 15.6 Å². The molecule has 1 aromatic rings. The van der Waals surface area contributed by atoms with Crippen molar-refractivity contribution in [2.75, 3.05) is 11.9 Å². The Balaban J connectivity index is 2.40. The molecule has 0 fully saturated rings. The molecule has 19 heavy (non-hydrogen) atoms. The number of carboxylic acids is 1. The molecule has 3 N–H and O–H groups in total. The normalized spacial score (nSPS) is 11.9. The maximum Gasteiger partial charge on any atom is 0.321 e. The molecule has 0 aliphatic carbocycles. The van der Waals surface area contributed by atoms with E-state index < -0.39 is 5.97 Å². The number of aryl methyl sites for hydroxylation is 2. The van der Waals surface area contributed by atoms with Crippen LogP contribution >= 0.6 is 11.3 Å². The lowest BCUT2D eigenvalue weighted by atomic mass is 10.1. The van der Waals surface area contributed by atoms with E-state index in [4.69, 9.17) is 5.11 Å². The van der Waals surface area contributed by atoms with Crippen molar-refractivity contribution in [2.45, 2.75) is 33.6 Å². The lowest BCUT2D eigenvalue weighted by molar-refractivity contribution is -0.137. The summed E-state index contributed by atoms with van der Waals surface area (Å²) in [6.45, 7) is 6.08. The van der Waals surface area contributed by atoms with Crippen molar-refractivity contribution in [2.24, 2.45) is 5.92 Å². The number of carbonyl (C=O) groups is 2. The number of aliphatic carboxylic acids is 1. The average molecular weight is 285 g/mol. The van der Waals surface area contributed by atoms with Crippen LogP contribution in [0, 0.1) is 12.8 Å². The van der Waals surface area contributed by atoms with Crippen LogP contribution in [0.2, 0.25) is 0 Å². The monoisotopic (exact) mass is 285 g/mol. The van der Waals surface area contributed by atoms with Gasteiger partial charge < -0.3 is 10.4 Å². The minimum absolute atomic E-state index is 0.0383. The Morgan fingerprint density at radius 1 is 1.47 bits per heavy atom. The molecule has 1 rings (SSSR count). The van der Waals surface area contributed by atoms with E-state index >= 15 is 0 Å². The highest BCUT2D eigenvalue weighted by Crippen LogP contribution is 2.22. The molecule has 0 spiro atoms. The summed E-state index contributed by atoms with van der Waals surface area (Å²) in [4.78, 5) is 27.5. The summed E-state index contributed by atoms with van der Waals surface area (Å²) in [7, 11) is 0. The summed E-state index contributed by atoms with van der Waals surface area (Å²) in [6.07, 6.45) is 0.873. The van der Waals surface area contributed by atoms with Crippen LogP contribution in [0.3, 0.4) is 0 Å². The number of amides is 2. The molecule has 7 heteroatoms. The van der Waals surface area contributed by atoms with Crippen LogP contribution in [-0.4, -0.2) is 28.6 Å². The van der Waals surface area contributed by atoms with Gasteiger partial charge in [0.25, 0.3) is 0 Å². The molecule has 1 unspecified atom stereocenters. The number of urea groups is 1. The van der Waals surface area contributed by atoms with Gasteiger partial charge in [-0.25, -0.2) is 9.78 Å². The van der Waals surface area contributed by atoms with Crippen molar-refractivity contribution in [1.82, 2.24) is 10.3 Å². The molecule has 106 valence electrons. The van der Waals surface area contributed by atoms with Gasteiger partial charge in [-0.15, -0.1) is 11.3 Å². The third kappa shape index (κ3) is 5.25. The van der Waals surface area contributed by atoms with Crippen LogP contribution < -0.4 is 10.6 Å². The number of nitrogens with one attached hydrogen (secondary N) is 2. The molecule has 1 heterocycles. The van der Waals surface area contributed by atoms with E-state index in [1.165, 1.54) is 11.3 Å². The summed E-state index contributed by atoms with van der Waals surface area (Å²) in [5.41, 5.74) is 0.986. The van der Waals surface area contributed by atoms with Gasteiger partial charge in [-0.05, 0) is 19.3 Å². The van der Waals surface area contributed by atoms with E-state index in [1.807, 2.05) is 13.8 Å². The Kier molecular flexibility index (Phi) is 5.75. The highest BCUT2D eigenvalue weighted by Gasteiger charge is 2.11. The molecule has 0 bridgehead atoms. The molecule has 0 aromatic carbocycles. The van der Waals surface area contributed by atoms with Crippen molar-refractivity contribution in [1.29, 1.82) is 0 Å². The summed E-state index contributed by atoms with van der Waals surface area (Å²) in [5.74, 6) is -0.967. The lowest BCUT2D eigenvalue weighted by Gasteiger charge is -2.10. The molecule has 0 aliphatic heterocycles. The van der Waals surface area contributed by atoms with Crippen molar-refractivity contribution in [3.63, 3.8) is 0 Å². The highest BCUT2D eigenvalue weighted by molar-refractivity contribution is 7.15. The highest BCUT2D eigenvalue weighted by atomic mass is 32.1. The predicted octanol–water partition coefficient (Wildman–Crippen LogP) is 2.25. The Bertz CT molecular complexity index is 459. The second-order valence-electron chi connectivity index (χ2n) is 4.41. The number of aromatic nitrogens is 1. The first-order valence-electron chi connectivity index (χ1n) is 6.15. The first-order valence-corrected chi connectivity index (χ1v) is 6.97. The van der Waals surface area contributed by atoms with E-state index in [0.717, 1.165) is 17.0 Å². The second kappa shape index (κ2) is 7.08. The number of carbonyl (C=O) groups excluding carboxylic acids is 1. The van der Waals surface area contributed by atoms with E-state index in [9.17, 15) is 9.59 Å². The van der Waals surface area contributed by atoms with Crippen LogP contribution in [0.1, 0.15) is 30.8 Å². The fraction of sp³-hybridized carbons (Fsp3) is 0.583. The summed E-state index contributed by atoms with van der Waals surface area (Å²) >= 11 is 1.44. The number of anilines is 1. The SMILES string of the molecule is CCc1nc(NC(=O)NCC(C)CC(=O)O)sc1C. The minimum Gasteiger partial charge on any atom is -0.481 e. The van der Waals surface area contributed by atoms with Crippen LogP contribution in [0.25, 0.3) is 0 Å². The molecule has 0 aliphatic rings. The molecule has 1 aromatic heterocycles. The van der Waals surface area contributed by atoms with Gasteiger partial charge in [0.05, 0.1) is 5.69 Å². The van der Waals surface area contributed by atoms with Crippen molar-refractivity contribution < 1.29 is 14.7 Å². The Labute approximate surface area is 116 Å². The molecule has 2 amide bonds. The number of carboxylic acid groups (broad SMARTS) is 1. The zero-order chi connectivity index (χ0) is 14.4. The Morgan fingerprint density at radius 2 is 2.16 bits per heavy atom. The van der Waals surface area contributed by atoms with Crippen LogP contribution in [0.5, 0.6) is 0 Å². The number of thiazole rings is 1. The zero-order valence-corrected chi connectivity index (χ0v) is 12.1.